The van der Waals surface area contributed by atoms with E-state index >= 15 is 4.39 Å². The van der Waals surface area contributed by atoms with E-state index in [1.54, 1.807) is 50.2 Å². The fourth-order valence-corrected chi connectivity index (χ4v) is 7.08. The van der Waals surface area contributed by atoms with Gasteiger partial charge in [-0.15, -0.1) is 0 Å². The molecule has 0 bridgehead atoms. The average Bonchev–Trinajstić information content (AvgIpc) is 2.84. The van der Waals surface area contributed by atoms with Gasteiger partial charge in [0, 0.05) is 0 Å². The Kier molecular flexibility index (Phi) is 7.91. The third-order valence-corrected chi connectivity index (χ3v) is 9.40. The van der Waals surface area contributed by atoms with Gasteiger partial charge in [-0.05, 0) is 53.5 Å². The van der Waals surface area contributed by atoms with E-state index in [1.807, 2.05) is 0 Å². The van der Waals surface area contributed by atoms with Gasteiger partial charge in [-0.3, -0.25) is 0 Å². The quantitative estimate of drug-likeness (QED) is 0.405. The lowest BCUT2D eigenvalue weighted by Crippen LogP contribution is -2.38. The highest BCUT2D eigenvalue weighted by molar-refractivity contribution is 8.04. The van der Waals surface area contributed by atoms with E-state index in [9.17, 15) is 16.8 Å². The topological polar surface area (TPSA) is 80.8 Å². The molecule has 0 saturated carbocycles. The number of allylic oxidation sites excluding steroid dienone is 1. The van der Waals surface area contributed by atoms with Crippen LogP contribution in [0.1, 0.15) is 19.4 Å². The van der Waals surface area contributed by atoms with Gasteiger partial charge in [0.05, 0.1) is 23.4 Å². The molecule has 3 aromatic carbocycles. The summed E-state index contributed by atoms with van der Waals surface area (Å²) in [5, 5.41) is 0. The fourth-order valence-electron chi connectivity index (χ4n) is 3.49. The Hall–Kier alpha value is -3.01. The molecule has 180 valence electrons. The molecule has 0 unspecified atom stereocenters. The number of sulfonamides is 2. The van der Waals surface area contributed by atoms with Crippen molar-refractivity contribution in [2.24, 2.45) is 5.92 Å². The number of methoxy groups -OCH3 is 1. The summed E-state index contributed by atoms with van der Waals surface area (Å²) in [5.74, 6) is -0.638. The Morgan fingerprint density at radius 2 is 1.24 bits per heavy atom. The number of hydrogen-bond acceptors (Lipinski definition) is 5. The summed E-state index contributed by atoms with van der Waals surface area (Å²) in [6, 6.07) is 20.8. The summed E-state index contributed by atoms with van der Waals surface area (Å²) in [4.78, 5) is -0.504. The first-order chi connectivity index (χ1) is 16.1. The van der Waals surface area contributed by atoms with Crippen LogP contribution < -0.4 is 4.74 Å². The monoisotopic (exact) mass is 503 g/mol. The zero-order chi connectivity index (χ0) is 24.9. The van der Waals surface area contributed by atoms with Gasteiger partial charge in [0.1, 0.15) is 11.6 Å². The Morgan fingerprint density at radius 1 is 0.794 bits per heavy atom. The van der Waals surface area contributed by atoms with Crippen molar-refractivity contribution in [1.29, 1.82) is 0 Å². The largest absolute Gasteiger partial charge is 0.497 e. The van der Waals surface area contributed by atoms with Crippen LogP contribution in [0.5, 0.6) is 5.75 Å². The second kappa shape index (κ2) is 10.5. The lowest BCUT2D eigenvalue weighted by atomic mass is 9.94. The number of ether oxygens (including phenoxy) is 1. The predicted molar refractivity (Wildman–Crippen MR) is 130 cm³/mol. The fraction of sp³-hybridized carbons (Fsp3) is 0.200. The average molecular weight is 504 g/mol. The Bertz CT molecular complexity index is 1280. The third kappa shape index (κ3) is 5.38. The molecule has 0 N–H and O–H groups in total. The number of rotatable bonds is 9. The van der Waals surface area contributed by atoms with Crippen molar-refractivity contribution in [3.8, 4) is 5.75 Å². The molecule has 0 amide bonds. The number of halogens is 1. The van der Waals surface area contributed by atoms with Crippen LogP contribution >= 0.6 is 0 Å². The molecule has 3 aromatic rings. The minimum absolute atomic E-state index is 0.208. The van der Waals surface area contributed by atoms with Crippen molar-refractivity contribution in [3.05, 3.63) is 96.3 Å². The van der Waals surface area contributed by atoms with E-state index in [0.29, 0.717) is 11.3 Å². The molecule has 0 aromatic heterocycles. The molecule has 3 rings (SSSR count). The smallest absolute Gasteiger partial charge is 0.256 e. The van der Waals surface area contributed by atoms with Crippen molar-refractivity contribution in [2.75, 3.05) is 13.7 Å². The lowest BCUT2D eigenvalue weighted by molar-refractivity contribution is 0.414. The maximum atomic E-state index is 15.8. The minimum Gasteiger partial charge on any atom is -0.497 e. The summed E-state index contributed by atoms with van der Waals surface area (Å²) in [5.41, 5.74) is 0.710. The van der Waals surface area contributed by atoms with E-state index in [2.05, 4.69) is 0 Å². The van der Waals surface area contributed by atoms with Gasteiger partial charge in [0.2, 0.25) is 0 Å². The minimum atomic E-state index is -4.60. The normalized spacial score (nSPS) is 13.1. The molecular formula is C25H26FNO5S2. The second-order valence-corrected chi connectivity index (χ2v) is 11.7. The summed E-state index contributed by atoms with van der Waals surface area (Å²) in [7, 11) is -7.70. The van der Waals surface area contributed by atoms with Gasteiger partial charge in [-0.2, -0.15) is 0 Å². The summed E-state index contributed by atoms with van der Waals surface area (Å²) >= 11 is 0. The first kappa shape index (κ1) is 25.6. The number of benzene rings is 3. The zero-order valence-corrected chi connectivity index (χ0v) is 20.7. The predicted octanol–water partition coefficient (Wildman–Crippen LogP) is 5.11. The van der Waals surface area contributed by atoms with Gasteiger partial charge in [-0.25, -0.2) is 21.2 Å². The molecule has 0 aliphatic carbocycles. The molecule has 0 atom stereocenters. The first-order valence-electron chi connectivity index (χ1n) is 10.5. The highest BCUT2D eigenvalue weighted by atomic mass is 32.3. The molecule has 6 nitrogen and oxygen atoms in total. The Morgan fingerprint density at radius 3 is 1.62 bits per heavy atom. The van der Waals surface area contributed by atoms with Crippen molar-refractivity contribution in [2.45, 2.75) is 23.6 Å². The van der Waals surface area contributed by atoms with Crippen LogP contribution in [0, 0.1) is 5.92 Å². The van der Waals surface area contributed by atoms with Crippen LogP contribution in [-0.2, 0) is 20.0 Å². The second-order valence-electron chi connectivity index (χ2n) is 7.77. The Balaban J connectivity index is 2.18. The first-order valence-corrected chi connectivity index (χ1v) is 13.4. The van der Waals surface area contributed by atoms with Crippen LogP contribution in [0.25, 0.3) is 5.57 Å². The Labute approximate surface area is 200 Å². The molecule has 0 spiro atoms. The summed E-state index contributed by atoms with van der Waals surface area (Å²) < 4.78 is 74.9. The van der Waals surface area contributed by atoms with Gasteiger partial charge < -0.3 is 4.74 Å². The number of hydrogen-bond donors (Lipinski definition) is 0. The van der Waals surface area contributed by atoms with Gasteiger partial charge in [-0.1, -0.05) is 66.1 Å². The van der Waals surface area contributed by atoms with Crippen LogP contribution in [0.4, 0.5) is 4.39 Å². The summed E-state index contributed by atoms with van der Waals surface area (Å²) in [6.07, 6.45) is 0. The van der Waals surface area contributed by atoms with Crippen molar-refractivity contribution >= 4 is 25.6 Å². The molecule has 0 fully saturated rings. The van der Waals surface area contributed by atoms with Gasteiger partial charge >= 0.3 is 0 Å². The van der Waals surface area contributed by atoms with Crippen LogP contribution in [0.15, 0.2) is 101 Å². The van der Waals surface area contributed by atoms with E-state index < -0.39 is 32.4 Å². The third-order valence-electron chi connectivity index (χ3n) is 5.16. The van der Waals surface area contributed by atoms with Crippen LogP contribution in [0.2, 0.25) is 0 Å². The molecule has 0 radical (unpaired) electrons. The van der Waals surface area contributed by atoms with Crippen molar-refractivity contribution in [3.63, 3.8) is 0 Å². The highest BCUT2D eigenvalue weighted by Crippen LogP contribution is 2.32. The van der Waals surface area contributed by atoms with E-state index in [0.717, 1.165) is 0 Å². The number of nitrogens with zero attached hydrogens (tertiary/aromatic N) is 1. The van der Waals surface area contributed by atoms with Crippen molar-refractivity contribution in [1.82, 2.24) is 3.71 Å². The molecule has 0 aliphatic heterocycles. The molecule has 34 heavy (non-hydrogen) atoms. The highest BCUT2D eigenvalue weighted by Gasteiger charge is 2.38. The molecule has 0 saturated heterocycles. The van der Waals surface area contributed by atoms with Gasteiger partial charge in [0.25, 0.3) is 20.0 Å². The SMILES string of the molecule is COc1ccc(/C(=C(/F)CN(S(=O)(=O)c2ccccc2)S(=O)(=O)c2ccccc2)C(C)C)cc1. The van der Waals surface area contributed by atoms with E-state index in [4.69, 9.17) is 4.74 Å². The maximum Gasteiger partial charge on any atom is 0.256 e. The molecular weight excluding hydrogens is 477 g/mol. The van der Waals surface area contributed by atoms with E-state index in [-0.39, 0.29) is 25.0 Å². The van der Waals surface area contributed by atoms with Crippen molar-refractivity contribution < 1.29 is 26.0 Å². The van der Waals surface area contributed by atoms with Crippen LogP contribution in [-0.4, -0.2) is 34.2 Å². The molecule has 0 heterocycles. The van der Waals surface area contributed by atoms with E-state index in [1.165, 1.54) is 55.6 Å². The van der Waals surface area contributed by atoms with Gasteiger partial charge in [0.15, 0.2) is 0 Å². The van der Waals surface area contributed by atoms with Crippen LogP contribution in [0.3, 0.4) is 0 Å². The zero-order valence-electron chi connectivity index (χ0n) is 19.1. The molecule has 0 aliphatic rings. The standard InChI is InChI=1S/C25H26FNO5S2/c1-19(2)25(20-14-16-21(32-3)17-15-20)24(26)18-27(33(28,29)22-10-6-4-7-11-22)34(30,31)23-12-8-5-9-13-23/h4-17,19H,18H2,1-3H3/b25-24+. The summed E-state index contributed by atoms with van der Waals surface area (Å²) in [6.45, 7) is 2.52. The molecule has 9 heteroatoms. The lowest BCUT2D eigenvalue weighted by Gasteiger charge is -2.23. The maximum absolute atomic E-state index is 15.8.